The van der Waals surface area contributed by atoms with Gasteiger partial charge in [-0.25, -0.2) is 9.48 Å². The summed E-state index contributed by atoms with van der Waals surface area (Å²) in [5.74, 6) is 0.00399. The lowest BCUT2D eigenvalue weighted by molar-refractivity contribution is -0.113. The van der Waals surface area contributed by atoms with Crippen molar-refractivity contribution in [2.24, 2.45) is 0 Å². The monoisotopic (exact) mass is 429 g/mol. The molecule has 0 fully saturated rings. The maximum atomic E-state index is 12.4. The van der Waals surface area contributed by atoms with Crippen LogP contribution in [0.4, 0.5) is 15.7 Å². The van der Waals surface area contributed by atoms with Crippen LogP contribution in [0, 0.1) is 11.3 Å². The molecule has 148 valence electrons. The van der Waals surface area contributed by atoms with E-state index in [0.717, 1.165) is 28.8 Å². The molecule has 2 amide bonds. The maximum absolute atomic E-state index is 12.4. The fraction of sp³-hybridized carbons (Fsp3) is 0.176. The minimum atomic E-state index is -0.615. The van der Waals surface area contributed by atoms with Gasteiger partial charge in [0.15, 0.2) is 10.2 Å². The summed E-state index contributed by atoms with van der Waals surface area (Å²) in [7, 11) is 0. The minimum absolute atomic E-state index is 0.0406. The summed E-state index contributed by atoms with van der Waals surface area (Å²) in [5, 5.41) is 26.6. The number of rotatable bonds is 7. The number of hydrogen-bond donors (Lipinski definition) is 2. The van der Waals surface area contributed by atoms with Crippen LogP contribution in [0.25, 0.3) is 5.69 Å². The van der Waals surface area contributed by atoms with Gasteiger partial charge in [0.25, 0.3) is 0 Å². The first-order valence-electron chi connectivity index (χ1n) is 8.34. The van der Waals surface area contributed by atoms with Crippen molar-refractivity contribution < 1.29 is 14.3 Å². The fourth-order valence-electron chi connectivity index (χ4n) is 2.18. The van der Waals surface area contributed by atoms with Crippen LogP contribution >= 0.6 is 23.1 Å². The smallest absolute Gasteiger partial charge is 0.413 e. The number of thioether (sulfide) groups is 1. The van der Waals surface area contributed by atoms with Gasteiger partial charge in [-0.05, 0) is 19.1 Å². The van der Waals surface area contributed by atoms with Crippen molar-refractivity contribution in [1.29, 1.82) is 5.26 Å². The van der Waals surface area contributed by atoms with Crippen molar-refractivity contribution in [3.05, 3.63) is 42.1 Å². The molecule has 3 aromatic rings. The van der Waals surface area contributed by atoms with Crippen LogP contribution < -0.4 is 10.6 Å². The maximum Gasteiger partial charge on any atom is 0.413 e. The summed E-state index contributed by atoms with van der Waals surface area (Å²) >= 11 is 2.28. The molecule has 3 rings (SSSR count). The van der Waals surface area contributed by atoms with E-state index in [-0.39, 0.29) is 29.0 Å². The molecule has 10 nitrogen and oxygen atoms in total. The molecule has 0 aliphatic heterocycles. The molecule has 2 aromatic heterocycles. The van der Waals surface area contributed by atoms with Crippen molar-refractivity contribution in [3.8, 4) is 11.8 Å². The Hall–Kier alpha value is -3.43. The van der Waals surface area contributed by atoms with E-state index in [2.05, 4.69) is 25.9 Å². The van der Waals surface area contributed by atoms with Gasteiger partial charge in [0.05, 0.1) is 24.2 Å². The highest BCUT2D eigenvalue weighted by Crippen LogP contribution is 2.26. The lowest BCUT2D eigenvalue weighted by Crippen LogP contribution is -2.17. The number of carbonyl (C=O) groups excluding carboxylic acids is 2. The highest BCUT2D eigenvalue weighted by Gasteiger charge is 2.16. The number of ether oxygens (including phenoxy) is 1. The molecule has 0 aliphatic carbocycles. The third-order valence-electron chi connectivity index (χ3n) is 3.37. The molecule has 1 aromatic carbocycles. The number of nitrogens with zero attached hydrogens (tertiary/aromatic N) is 5. The number of aromatic nitrogens is 4. The molecular formula is C17H15N7O3S2. The first-order valence-corrected chi connectivity index (χ1v) is 10.1. The Bertz CT molecular complexity index is 1040. The van der Waals surface area contributed by atoms with Crippen molar-refractivity contribution in [2.75, 3.05) is 23.0 Å². The Morgan fingerprint density at radius 3 is 2.79 bits per heavy atom. The van der Waals surface area contributed by atoms with Gasteiger partial charge in [-0.2, -0.15) is 10.4 Å². The van der Waals surface area contributed by atoms with Crippen molar-refractivity contribution in [2.45, 2.75) is 11.3 Å². The van der Waals surface area contributed by atoms with E-state index in [1.165, 1.54) is 10.9 Å². The Morgan fingerprint density at radius 2 is 2.07 bits per heavy atom. The molecule has 0 spiro atoms. The molecule has 0 bridgehead atoms. The van der Waals surface area contributed by atoms with E-state index < -0.39 is 6.09 Å². The van der Waals surface area contributed by atoms with Gasteiger partial charge >= 0.3 is 6.09 Å². The Balaban J connectivity index is 1.62. The number of hydrogen-bond acceptors (Lipinski definition) is 9. The molecule has 0 saturated heterocycles. The van der Waals surface area contributed by atoms with E-state index in [9.17, 15) is 14.9 Å². The highest BCUT2D eigenvalue weighted by molar-refractivity contribution is 8.01. The summed E-state index contributed by atoms with van der Waals surface area (Å²) in [6.07, 6.45) is 0.782. The summed E-state index contributed by atoms with van der Waals surface area (Å²) < 4.78 is 6.76. The van der Waals surface area contributed by atoms with Gasteiger partial charge in [0, 0.05) is 0 Å². The van der Waals surface area contributed by atoms with Crippen molar-refractivity contribution in [1.82, 2.24) is 20.0 Å². The minimum Gasteiger partial charge on any atom is -0.450 e. The largest absolute Gasteiger partial charge is 0.450 e. The summed E-state index contributed by atoms with van der Waals surface area (Å²) in [4.78, 5) is 23.8. The van der Waals surface area contributed by atoms with Gasteiger partial charge in [-0.3, -0.25) is 10.1 Å². The van der Waals surface area contributed by atoms with Gasteiger partial charge in [-0.15, -0.1) is 10.2 Å². The number of anilines is 2. The number of amides is 2. The zero-order valence-corrected chi connectivity index (χ0v) is 16.8. The van der Waals surface area contributed by atoms with Gasteiger partial charge < -0.3 is 10.1 Å². The van der Waals surface area contributed by atoms with E-state index in [4.69, 9.17) is 4.74 Å². The van der Waals surface area contributed by atoms with Gasteiger partial charge in [-0.1, -0.05) is 41.3 Å². The average molecular weight is 429 g/mol. The summed E-state index contributed by atoms with van der Waals surface area (Å²) in [5.41, 5.74) is 0.972. The number of benzene rings is 1. The predicted molar refractivity (Wildman–Crippen MR) is 108 cm³/mol. The molecule has 2 heterocycles. The lowest BCUT2D eigenvalue weighted by Gasteiger charge is -2.09. The Morgan fingerprint density at radius 1 is 1.28 bits per heavy atom. The second kappa shape index (κ2) is 9.67. The molecule has 29 heavy (non-hydrogen) atoms. The average Bonchev–Trinajstić information content (AvgIpc) is 3.34. The summed E-state index contributed by atoms with van der Waals surface area (Å²) in [6, 6.07) is 11.2. The molecule has 0 unspecified atom stereocenters. The van der Waals surface area contributed by atoms with E-state index >= 15 is 0 Å². The second-order valence-corrected chi connectivity index (χ2v) is 7.52. The quantitative estimate of drug-likeness (QED) is 0.432. The molecular weight excluding hydrogens is 414 g/mol. The number of nitriles is 1. The van der Waals surface area contributed by atoms with E-state index in [1.807, 2.05) is 36.4 Å². The first kappa shape index (κ1) is 20.3. The standard InChI is InChI=1S/C17H15N7O3S2/c1-2-27-16(26)21-15-22-23-17(29-15)28-10-13(25)20-14-11(8-18)9-19-24(14)12-6-4-3-5-7-12/h3-7,9H,2,10H2,1H3,(H,20,25)(H,21,22,26). The molecule has 2 N–H and O–H groups in total. The zero-order valence-electron chi connectivity index (χ0n) is 15.2. The van der Waals surface area contributed by atoms with Crippen LogP contribution in [-0.4, -0.2) is 44.3 Å². The Labute approximate surface area is 173 Å². The van der Waals surface area contributed by atoms with Crippen LogP contribution in [0.3, 0.4) is 0 Å². The molecule has 0 radical (unpaired) electrons. The van der Waals surface area contributed by atoms with Crippen molar-refractivity contribution in [3.63, 3.8) is 0 Å². The van der Waals surface area contributed by atoms with E-state index in [0.29, 0.717) is 10.2 Å². The van der Waals surface area contributed by atoms with Crippen LogP contribution in [0.2, 0.25) is 0 Å². The first-order chi connectivity index (χ1) is 14.1. The zero-order chi connectivity index (χ0) is 20.6. The number of para-hydroxylation sites is 1. The third-order valence-corrected chi connectivity index (χ3v) is 5.34. The van der Waals surface area contributed by atoms with Crippen LogP contribution in [0.1, 0.15) is 12.5 Å². The SMILES string of the molecule is CCOC(=O)Nc1nnc(SCC(=O)Nc2c(C#N)cnn2-c2ccccc2)s1. The lowest BCUT2D eigenvalue weighted by atomic mass is 10.3. The van der Waals surface area contributed by atoms with Crippen molar-refractivity contribution >= 4 is 46.0 Å². The van der Waals surface area contributed by atoms with Gasteiger partial charge in [0.1, 0.15) is 11.6 Å². The predicted octanol–water partition coefficient (Wildman–Crippen LogP) is 2.89. The third kappa shape index (κ3) is 5.31. The molecule has 12 heteroatoms. The molecule has 0 atom stereocenters. The fourth-order valence-corrected chi connectivity index (χ4v) is 3.72. The number of carbonyl (C=O) groups is 2. The normalized spacial score (nSPS) is 10.2. The number of nitrogens with one attached hydrogen (secondary N) is 2. The topological polar surface area (TPSA) is 135 Å². The summed E-state index contributed by atoms with van der Waals surface area (Å²) in [6.45, 7) is 1.94. The molecule has 0 saturated carbocycles. The van der Waals surface area contributed by atoms with Crippen LogP contribution in [0.5, 0.6) is 0 Å². The van der Waals surface area contributed by atoms with E-state index in [1.54, 1.807) is 6.92 Å². The second-order valence-electron chi connectivity index (χ2n) is 5.32. The van der Waals surface area contributed by atoms with Gasteiger partial charge in [0.2, 0.25) is 11.0 Å². The Kier molecular flexibility index (Phi) is 6.77. The van der Waals surface area contributed by atoms with Crippen LogP contribution in [0.15, 0.2) is 40.9 Å². The van der Waals surface area contributed by atoms with Crippen LogP contribution in [-0.2, 0) is 9.53 Å². The molecule has 0 aliphatic rings. The highest BCUT2D eigenvalue weighted by atomic mass is 32.2.